The number of alkyl halides is 1. The SMILES string of the molecule is Clc1ccc2c(c1)C=Cc1cc(Br)cnc1C2Cl. The summed E-state index contributed by atoms with van der Waals surface area (Å²) in [6.45, 7) is 0. The lowest BCUT2D eigenvalue weighted by atomic mass is 10.0. The Bertz CT molecular complexity index is 597. The lowest BCUT2D eigenvalue weighted by molar-refractivity contribution is 1.03. The number of pyridine rings is 1. The van der Waals surface area contributed by atoms with Crippen molar-refractivity contribution in [2.45, 2.75) is 5.38 Å². The number of rotatable bonds is 0. The van der Waals surface area contributed by atoms with E-state index in [1.54, 1.807) is 6.20 Å². The summed E-state index contributed by atoms with van der Waals surface area (Å²) < 4.78 is 0.943. The minimum Gasteiger partial charge on any atom is -0.258 e. The minimum absolute atomic E-state index is 0.254. The molecule has 90 valence electrons. The monoisotopic (exact) mass is 339 g/mol. The van der Waals surface area contributed by atoms with Gasteiger partial charge in [-0.05, 0) is 50.8 Å². The molecule has 1 atom stereocenters. The Morgan fingerprint density at radius 2 is 1.89 bits per heavy atom. The largest absolute Gasteiger partial charge is 0.258 e. The van der Waals surface area contributed by atoms with Crippen molar-refractivity contribution in [3.63, 3.8) is 0 Å². The summed E-state index contributed by atoms with van der Waals surface area (Å²) in [5.41, 5.74) is 3.97. The van der Waals surface area contributed by atoms with Gasteiger partial charge in [0.1, 0.15) is 5.38 Å². The van der Waals surface area contributed by atoms with Crippen LogP contribution in [0, 0.1) is 0 Å². The Morgan fingerprint density at radius 1 is 1.11 bits per heavy atom. The first kappa shape index (κ1) is 12.2. The van der Waals surface area contributed by atoms with Crippen LogP contribution in [0.3, 0.4) is 0 Å². The van der Waals surface area contributed by atoms with Crippen LogP contribution in [0.1, 0.15) is 27.8 Å². The summed E-state index contributed by atoms with van der Waals surface area (Å²) in [7, 11) is 0. The van der Waals surface area contributed by atoms with Gasteiger partial charge < -0.3 is 0 Å². The molecule has 1 aromatic heterocycles. The Hall–Kier alpha value is -0.830. The molecule has 3 rings (SSSR count). The van der Waals surface area contributed by atoms with Crippen molar-refractivity contribution in [3.05, 3.63) is 62.3 Å². The van der Waals surface area contributed by atoms with Crippen LogP contribution in [-0.4, -0.2) is 4.98 Å². The smallest absolute Gasteiger partial charge is 0.102 e. The zero-order valence-electron chi connectivity index (χ0n) is 9.20. The van der Waals surface area contributed by atoms with Gasteiger partial charge in [-0.1, -0.05) is 29.8 Å². The summed E-state index contributed by atoms with van der Waals surface area (Å²) in [5, 5.41) is 0.456. The molecular weight excluding hydrogens is 333 g/mol. The van der Waals surface area contributed by atoms with Crippen LogP contribution in [0.5, 0.6) is 0 Å². The summed E-state index contributed by atoms with van der Waals surface area (Å²) in [6.07, 6.45) is 5.81. The molecule has 0 spiro atoms. The quantitative estimate of drug-likeness (QED) is 0.592. The molecule has 1 nitrogen and oxygen atoms in total. The number of hydrogen-bond donors (Lipinski definition) is 0. The Labute approximate surface area is 124 Å². The molecule has 0 N–H and O–H groups in total. The van der Waals surface area contributed by atoms with Crippen molar-refractivity contribution in [1.29, 1.82) is 0 Å². The fraction of sp³-hybridized carbons (Fsp3) is 0.0714. The van der Waals surface area contributed by atoms with E-state index >= 15 is 0 Å². The second-order valence-electron chi connectivity index (χ2n) is 4.10. The van der Waals surface area contributed by atoms with E-state index in [4.69, 9.17) is 23.2 Å². The van der Waals surface area contributed by atoms with Crippen LogP contribution in [0.2, 0.25) is 5.02 Å². The van der Waals surface area contributed by atoms with Gasteiger partial charge in [0, 0.05) is 15.7 Å². The molecule has 0 bridgehead atoms. The van der Waals surface area contributed by atoms with Crippen molar-refractivity contribution in [1.82, 2.24) is 4.98 Å². The molecular formula is C14H8BrCl2N. The van der Waals surface area contributed by atoms with Gasteiger partial charge in [0.25, 0.3) is 0 Å². The molecule has 0 saturated carbocycles. The molecule has 2 aromatic rings. The van der Waals surface area contributed by atoms with E-state index in [2.05, 4.69) is 20.9 Å². The van der Waals surface area contributed by atoms with Crippen LogP contribution in [0.15, 0.2) is 34.9 Å². The van der Waals surface area contributed by atoms with Crippen LogP contribution in [0.25, 0.3) is 12.2 Å². The molecule has 0 aliphatic heterocycles. The van der Waals surface area contributed by atoms with Crippen molar-refractivity contribution >= 4 is 51.3 Å². The Balaban J connectivity index is 2.23. The number of halogens is 3. The van der Waals surface area contributed by atoms with Gasteiger partial charge in [0.15, 0.2) is 0 Å². The maximum absolute atomic E-state index is 6.53. The highest BCUT2D eigenvalue weighted by Gasteiger charge is 2.20. The topological polar surface area (TPSA) is 12.9 Å². The molecule has 4 heteroatoms. The Morgan fingerprint density at radius 3 is 2.72 bits per heavy atom. The van der Waals surface area contributed by atoms with Gasteiger partial charge in [-0.25, -0.2) is 0 Å². The lowest BCUT2D eigenvalue weighted by Crippen LogP contribution is -1.99. The van der Waals surface area contributed by atoms with Crippen molar-refractivity contribution in [3.8, 4) is 0 Å². The maximum Gasteiger partial charge on any atom is 0.102 e. The fourth-order valence-corrected chi connectivity index (χ4v) is 2.97. The van der Waals surface area contributed by atoms with Gasteiger partial charge >= 0.3 is 0 Å². The zero-order valence-corrected chi connectivity index (χ0v) is 12.3. The second kappa shape index (κ2) is 4.69. The van der Waals surface area contributed by atoms with Crippen LogP contribution in [0.4, 0.5) is 0 Å². The van der Waals surface area contributed by atoms with Crippen molar-refractivity contribution in [2.75, 3.05) is 0 Å². The first-order valence-electron chi connectivity index (χ1n) is 5.42. The van der Waals surface area contributed by atoms with Crippen molar-refractivity contribution in [2.24, 2.45) is 0 Å². The highest BCUT2D eigenvalue weighted by atomic mass is 79.9. The lowest BCUT2D eigenvalue weighted by Gasteiger charge is -2.12. The maximum atomic E-state index is 6.53. The van der Waals surface area contributed by atoms with Gasteiger partial charge in [-0.3, -0.25) is 4.98 Å². The number of fused-ring (bicyclic) bond motifs is 2. The van der Waals surface area contributed by atoms with E-state index in [1.165, 1.54) is 0 Å². The summed E-state index contributed by atoms with van der Waals surface area (Å²) in [5.74, 6) is 0. The molecule has 0 saturated heterocycles. The predicted molar refractivity (Wildman–Crippen MR) is 80.0 cm³/mol. The van der Waals surface area contributed by atoms with E-state index < -0.39 is 0 Å². The van der Waals surface area contributed by atoms with Crippen molar-refractivity contribution < 1.29 is 0 Å². The number of benzene rings is 1. The molecule has 18 heavy (non-hydrogen) atoms. The molecule has 1 heterocycles. The number of nitrogens with zero attached hydrogens (tertiary/aromatic N) is 1. The highest BCUT2D eigenvalue weighted by molar-refractivity contribution is 9.10. The zero-order chi connectivity index (χ0) is 12.7. The minimum atomic E-state index is -0.254. The molecule has 0 radical (unpaired) electrons. The standard InChI is InChI=1S/C14H8BrCl2N/c15-10-5-9-2-1-8-6-11(16)3-4-12(8)13(17)14(9)18-7-10/h1-7,13H. The molecule has 1 unspecified atom stereocenters. The molecule has 1 aromatic carbocycles. The van der Waals surface area contributed by atoms with Gasteiger partial charge in [-0.15, -0.1) is 11.6 Å². The molecule has 1 aliphatic rings. The normalized spacial score (nSPS) is 16.9. The van der Waals surface area contributed by atoms with E-state index in [-0.39, 0.29) is 5.38 Å². The molecule has 0 amide bonds. The van der Waals surface area contributed by atoms with E-state index in [0.29, 0.717) is 5.02 Å². The van der Waals surface area contributed by atoms with E-state index in [9.17, 15) is 0 Å². The average molecular weight is 341 g/mol. The highest BCUT2D eigenvalue weighted by Crippen LogP contribution is 2.37. The third kappa shape index (κ3) is 2.09. The molecule has 0 fully saturated rings. The van der Waals surface area contributed by atoms with Crippen LogP contribution in [-0.2, 0) is 0 Å². The van der Waals surface area contributed by atoms with E-state index in [1.807, 2.05) is 36.4 Å². The number of hydrogen-bond acceptors (Lipinski definition) is 1. The van der Waals surface area contributed by atoms with Gasteiger partial charge in [0.05, 0.1) is 5.69 Å². The average Bonchev–Trinajstić information content (AvgIpc) is 2.47. The first-order valence-corrected chi connectivity index (χ1v) is 7.03. The van der Waals surface area contributed by atoms with Gasteiger partial charge in [-0.2, -0.15) is 0 Å². The third-order valence-electron chi connectivity index (χ3n) is 2.92. The fourth-order valence-electron chi connectivity index (χ4n) is 2.06. The third-order valence-corrected chi connectivity index (χ3v) is 4.03. The predicted octanol–water partition coefficient (Wildman–Crippen LogP) is 5.31. The summed E-state index contributed by atoms with van der Waals surface area (Å²) in [4.78, 5) is 4.42. The van der Waals surface area contributed by atoms with E-state index in [0.717, 1.165) is 26.9 Å². The van der Waals surface area contributed by atoms with Crippen LogP contribution < -0.4 is 0 Å². The summed E-state index contributed by atoms with van der Waals surface area (Å²) >= 11 is 16.0. The second-order valence-corrected chi connectivity index (χ2v) is 5.89. The summed E-state index contributed by atoms with van der Waals surface area (Å²) in [6, 6.07) is 7.75. The van der Waals surface area contributed by atoms with Crippen LogP contribution >= 0.6 is 39.1 Å². The Kier molecular flexibility index (Phi) is 3.18. The molecule has 1 aliphatic carbocycles. The number of aromatic nitrogens is 1. The first-order chi connectivity index (χ1) is 8.65. The van der Waals surface area contributed by atoms with Gasteiger partial charge in [0.2, 0.25) is 0 Å².